The Labute approximate surface area is 207 Å². The van der Waals surface area contributed by atoms with Crippen LogP contribution >= 0.6 is 11.3 Å². The number of esters is 1. The van der Waals surface area contributed by atoms with E-state index < -0.39 is 5.97 Å². The number of hydrogen-bond donors (Lipinski definition) is 0. The Morgan fingerprint density at radius 2 is 1.49 bits per heavy atom. The van der Waals surface area contributed by atoms with Crippen LogP contribution in [0.1, 0.15) is 51.4 Å². The van der Waals surface area contributed by atoms with E-state index in [0.717, 1.165) is 17.7 Å². The average molecular weight is 485 g/mol. The summed E-state index contributed by atoms with van der Waals surface area (Å²) in [7, 11) is 0. The minimum Gasteiger partial charge on any atom is -0.456 e. The second-order valence-electron chi connectivity index (χ2n) is 7.81. The molecule has 6 nitrogen and oxygen atoms in total. The standard InChI is InChI=1S/C28H24N2O4S/c1-3-20-9-7-8-12-25(20)30(19(2)31)28-29-24(18-35-28)17-34-27(33)23-15-13-22(14-16-23)26(32)21-10-5-4-6-11-21/h4-16,18H,3,17H2,1-2H3. The van der Waals surface area contributed by atoms with Crippen LogP contribution in [-0.2, 0) is 22.6 Å². The monoisotopic (exact) mass is 484 g/mol. The molecular weight excluding hydrogens is 460 g/mol. The molecule has 176 valence electrons. The minimum absolute atomic E-state index is 0.0266. The fraction of sp³-hybridized carbons (Fsp3) is 0.143. The number of benzene rings is 3. The van der Waals surface area contributed by atoms with Crippen molar-refractivity contribution in [3.05, 3.63) is 112 Å². The Morgan fingerprint density at radius 1 is 0.857 bits per heavy atom. The van der Waals surface area contributed by atoms with E-state index in [1.807, 2.05) is 37.3 Å². The van der Waals surface area contributed by atoms with Gasteiger partial charge in [0.15, 0.2) is 10.9 Å². The summed E-state index contributed by atoms with van der Waals surface area (Å²) in [5.74, 6) is -0.771. The van der Waals surface area contributed by atoms with Crippen LogP contribution in [-0.4, -0.2) is 22.6 Å². The predicted octanol–water partition coefficient (Wildman–Crippen LogP) is 5.98. The van der Waals surface area contributed by atoms with Crippen LogP contribution in [0.4, 0.5) is 10.8 Å². The van der Waals surface area contributed by atoms with Gasteiger partial charge in [-0.15, -0.1) is 11.3 Å². The highest BCUT2D eigenvalue weighted by Gasteiger charge is 2.20. The smallest absolute Gasteiger partial charge is 0.338 e. The van der Waals surface area contributed by atoms with Gasteiger partial charge in [0.2, 0.25) is 5.91 Å². The van der Waals surface area contributed by atoms with Crippen LogP contribution in [0.3, 0.4) is 0 Å². The van der Waals surface area contributed by atoms with Crippen LogP contribution in [0.5, 0.6) is 0 Å². The minimum atomic E-state index is -0.516. The summed E-state index contributed by atoms with van der Waals surface area (Å²) in [5.41, 5.74) is 3.81. The Hall–Kier alpha value is -4.10. The number of aryl methyl sites for hydroxylation is 1. The number of ketones is 1. The molecule has 0 N–H and O–H groups in total. The maximum Gasteiger partial charge on any atom is 0.338 e. The third-order valence-corrected chi connectivity index (χ3v) is 6.30. The lowest BCUT2D eigenvalue weighted by atomic mass is 10.0. The van der Waals surface area contributed by atoms with Crippen molar-refractivity contribution in [1.29, 1.82) is 0 Å². The van der Waals surface area contributed by atoms with Crippen LogP contribution in [0, 0.1) is 0 Å². The highest BCUT2D eigenvalue weighted by atomic mass is 32.1. The van der Waals surface area contributed by atoms with Gasteiger partial charge in [0, 0.05) is 23.4 Å². The second-order valence-corrected chi connectivity index (χ2v) is 8.64. The van der Waals surface area contributed by atoms with E-state index in [0.29, 0.717) is 27.5 Å². The molecule has 0 saturated carbocycles. The molecule has 35 heavy (non-hydrogen) atoms. The molecule has 3 aromatic carbocycles. The van der Waals surface area contributed by atoms with Crippen molar-refractivity contribution in [2.24, 2.45) is 0 Å². The molecule has 1 amide bonds. The quantitative estimate of drug-likeness (QED) is 0.227. The molecule has 0 aliphatic carbocycles. The summed E-state index contributed by atoms with van der Waals surface area (Å²) in [5, 5.41) is 2.29. The summed E-state index contributed by atoms with van der Waals surface area (Å²) >= 11 is 1.32. The zero-order valence-electron chi connectivity index (χ0n) is 19.4. The number of ether oxygens (including phenoxy) is 1. The third kappa shape index (κ3) is 5.53. The zero-order valence-corrected chi connectivity index (χ0v) is 20.2. The van der Waals surface area contributed by atoms with E-state index in [-0.39, 0.29) is 18.3 Å². The molecule has 4 rings (SSSR count). The molecule has 1 aromatic heterocycles. The van der Waals surface area contributed by atoms with Crippen molar-refractivity contribution < 1.29 is 19.1 Å². The van der Waals surface area contributed by atoms with E-state index in [9.17, 15) is 14.4 Å². The lowest BCUT2D eigenvalue weighted by molar-refractivity contribution is -0.115. The lowest BCUT2D eigenvalue weighted by Crippen LogP contribution is -2.23. The first-order valence-electron chi connectivity index (χ1n) is 11.2. The van der Waals surface area contributed by atoms with Crippen molar-refractivity contribution in [2.75, 3.05) is 4.90 Å². The molecule has 0 radical (unpaired) electrons. The number of hydrogen-bond acceptors (Lipinski definition) is 6. The number of rotatable bonds is 8. The fourth-order valence-corrected chi connectivity index (χ4v) is 4.50. The number of thiazole rings is 1. The number of carbonyl (C=O) groups is 3. The summed E-state index contributed by atoms with van der Waals surface area (Å²) in [6, 6.07) is 23.1. The van der Waals surface area contributed by atoms with Gasteiger partial charge in [0.05, 0.1) is 16.9 Å². The van der Waals surface area contributed by atoms with Gasteiger partial charge in [-0.1, -0.05) is 67.6 Å². The van der Waals surface area contributed by atoms with Crippen molar-refractivity contribution in [1.82, 2.24) is 4.98 Å². The van der Waals surface area contributed by atoms with Crippen LogP contribution in [0.25, 0.3) is 0 Å². The lowest BCUT2D eigenvalue weighted by Gasteiger charge is -2.20. The molecule has 7 heteroatoms. The van der Waals surface area contributed by atoms with Gasteiger partial charge in [-0.05, 0) is 30.2 Å². The fourth-order valence-electron chi connectivity index (χ4n) is 3.64. The van der Waals surface area contributed by atoms with Gasteiger partial charge < -0.3 is 4.74 Å². The molecule has 1 heterocycles. The number of amides is 1. The Balaban J connectivity index is 1.42. The summed E-state index contributed by atoms with van der Waals surface area (Å²) in [4.78, 5) is 43.6. The van der Waals surface area contributed by atoms with Crippen LogP contribution in [0.15, 0.2) is 84.2 Å². The maximum absolute atomic E-state index is 12.5. The van der Waals surface area contributed by atoms with Gasteiger partial charge in [-0.2, -0.15) is 0 Å². The normalized spacial score (nSPS) is 10.6. The van der Waals surface area contributed by atoms with Crippen molar-refractivity contribution in [3.63, 3.8) is 0 Å². The third-order valence-electron chi connectivity index (χ3n) is 5.43. The number of carbonyl (C=O) groups excluding carboxylic acids is 3. The number of nitrogens with zero attached hydrogens (tertiary/aromatic N) is 2. The van der Waals surface area contributed by atoms with Crippen molar-refractivity contribution in [3.8, 4) is 0 Å². The molecule has 0 saturated heterocycles. The SMILES string of the molecule is CCc1ccccc1N(C(C)=O)c1nc(COC(=O)c2ccc(C(=O)c3ccccc3)cc2)cs1. The molecule has 0 atom stereocenters. The highest BCUT2D eigenvalue weighted by Crippen LogP contribution is 2.32. The summed E-state index contributed by atoms with van der Waals surface area (Å²) in [6.07, 6.45) is 0.783. The molecule has 0 aliphatic heterocycles. The van der Waals surface area contributed by atoms with Gasteiger partial charge in [0.1, 0.15) is 6.61 Å². The van der Waals surface area contributed by atoms with E-state index in [2.05, 4.69) is 4.98 Å². The van der Waals surface area contributed by atoms with E-state index >= 15 is 0 Å². The first kappa shape index (κ1) is 24.0. The molecule has 0 aliphatic rings. The Kier molecular flexibility index (Phi) is 7.48. The highest BCUT2D eigenvalue weighted by molar-refractivity contribution is 7.14. The molecular formula is C28H24N2O4S. The zero-order chi connectivity index (χ0) is 24.8. The molecule has 0 fully saturated rings. The van der Waals surface area contributed by atoms with Gasteiger partial charge in [-0.3, -0.25) is 14.5 Å². The predicted molar refractivity (Wildman–Crippen MR) is 136 cm³/mol. The van der Waals surface area contributed by atoms with E-state index in [1.54, 1.807) is 58.8 Å². The maximum atomic E-state index is 12.5. The molecule has 0 spiro atoms. The van der Waals surface area contributed by atoms with Gasteiger partial charge in [-0.25, -0.2) is 9.78 Å². The number of anilines is 2. The second kappa shape index (κ2) is 10.9. The van der Waals surface area contributed by atoms with Gasteiger partial charge >= 0.3 is 5.97 Å². The summed E-state index contributed by atoms with van der Waals surface area (Å²) < 4.78 is 5.42. The molecule has 4 aromatic rings. The molecule has 0 unspecified atom stereocenters. The number of para-hydroxylation sites is 1. The van der Waals surface area contributed by atoms with Gasteiger partial charge in [0.25, 0.3) is 0 Å². The first-order valence-corrected chi connectivity index (χ1v) is 12.1. The van der Waals surface area contributed by atoms with E-state index in [4.69, 9.17) is 4.74 Å². The van der Waals surface area contributed by atoms with Crippen LogP contribution in [0.2, 0.25) is 0 Å². The topological polar surface area (TPSA) is 76.6 Å². The first-order chi connectivity index (χ1) is 17.0. The average Bonchev–Trinajstić information content (AvgIpc) is 3.36. The van der Waals surface area contributed by atoms with Crippen LogP contribution < -0.4 is 4.90 Å². The number of aromatic nitrogens is 1. The van der Waals surface area contributed by atoms with E-state index in [1.165, 1.54) is 18.3 Å². The Bertz CT molecular complexity index is 1350. The summed E-state index contributed by atoms with van der Waals surface area (Å²) in [6.45, 7) is 3.51. The van der Waals surface area contributed by atoms with Crippen molar-refractivity contribution in [2.45, 2.75) is 26.9 Å². The largest absolute Gasteiger partial charge is 0.456 e. The molecule has 0 bridgehead atoms. The van der Waals surface area contributed by atoms with Crippen molar-refractivity contribution >= 4 is 39.8 Å². The Morgan fingerprint density at radius 3 is 2.17 bits per heavy atom.